The molecule has 0 aliphatic heterocycles. The highest BCUT2D eigenvalue weighted by Crippen LogP contribution is 2.31. The number of rotatable bonds is 6. The average Bonchev–Trinajstić information content (AvgIpc) is 2.43. The molecular weight excluding hydrogens is 244 g/mol. The van der Waals surface area contributed by atoms with E-state index < -0.39 is 17.5 Å². The van der Waals surface area contributed by atoms with E-state index in [1.165, 1.54) is 7.11 Å². The minimum Gasteiger partial charge on any atom is -0.494 e. The van der Waals surface area contributed by atoms with Gasteiger partial charge in [-0.05, 0) is 38.0 Å². The van der Waals surface area contributed by atoms with E-state index in [0.717, 1.165) is 12.2 Å². The molecule has 0 fully saturated rings. The first-order valence-corrected chi connectivity index (χ1v) is 6.47. The van der Waals surface area contributed by atoms with Crippen LogP contribution in [0.25, 0.3) is 0 Å². The summed E-state index contributed by atoms with van der Waals surface area (Å²) in [6.07, 6.45) is 0.943. The molecule has 0 saturated carbocycles. The number of hydrogen-bond donors (Lipinski definition) is 1. The summed E-state index contributed by atoms with van der Waals surface area (Å²) in [6.45, 7) is 5.95. The molecule has 1 aromatic carbocycles. The summed E-state index contributed by atoms with van der Waals surface area (Å²) in [5, 5.41) is 10.5. The lowest BCUT2D eigenvalue weighted by molar-refractivity contribution is -0.154. The van der Waals surface area contributed by atoms with Crippen LogP contribution in [0.1, 0.15) is 32.8 Å². The van der Waals surface area contributed by atoms with Gasteiger partial charge in [0.2, 0.25) is 0 Å². The van der Waals surface area contributed by atoms with Crippen LogP contribution in [0.15, 0.2) is 24.3 Å². The van der Waals surface area contributed by atoms with Gasteiger partial charge in [-0.15, -0.1) is 0 Å². The number of carbonyl (C=O) groups excluding carboxylic acids is 1. The van der Waals surface area contributed by atoms with Gasteiger partial charge < -0.3 is 14.6 Å². The predicted octanol–water partition coefficient (Wildman–Crippen LogP) is 2.49. The number of aliphatic hydroxyl groups is 1. The number of benzene rings is 1. The standard InChI is InChI=1S/C15H22O4/c1-5-10-19-13-8-6-12(7-9-13)15(3,17)11(2)14(16)18-4/h6-9,11,17H,5,10H2,1-4H3. The summed E-state index contributed by atoms with van der Waals surface area (Å²) in [4.78, 5) is 11.5. The van der Waals surface area contributed by atoms with Crippen LogP contribution in [0.4, 0.5) is 0 Å². The summed E-state index contributed by atoms with van der Waals surface area (Å²) < 4.78 is 10.2. The van der Waals surface area contributed by atoms with Crippen LogP contribution in [0.3, 0.4) is 0 Å². The van der Waals surface area contributed by atoms with Crippen molar-refractivity contribution in [2.45, 2.75) is 32.8 Å². The Morgan fingerprint density at radius 1 is 1.37 bits per heavy atom. The van der Waals surface area contributed by atoms with Crippen molar-refractivity contribution < 1.29 is 19.4 Å². The van der Waals surface area contributed by atoms with Crippen LogP contribution in [-0.4, -0.2) is 24.8 Å². The fourth-order valence-electron chi connectivity index (χ4n) is 1.76. The van der Waals surface area contributed by atoms with E-state index >= 15 is 0 Å². The van der Waals surface area contributed by atoms with Crippen molar-refractivity contribution in [1.82, 2.24) is 0 Å². The van der Waals surface area contributed by atoms with E-state index in [1.54, 1.807) is 38.1 Å². The molecule has 0 bridgehead atoms. The Morgan fingerprint density at radius 3 is 2.42 bits per heavy atom. The quantitative estimate of drug-likeness (QED) is 0.804. The summed E-state index contributed by atoms with van der Waals surface area (Å²) >= 11 is 0. The number of hydrogen-bond acceptors (Lipinski definition) is 4. The lowest BCUT2D eigenvalue weighted by Crippen LogP contribution is -2.35. The number of methoxy groups -OCH3 is 1. The highest BCUT2D eigenvalue weighted by molar-refractivity contribution is 5.73. The molecule has 1 rings (SSSR count). The summed E-state index contributed by atoms with van der Waals surface area (Å²) in [5.74, 6) is -0.316. The zero-order valence-corrected chi connectivity index (χ0v) is 12.0. The molecule has 19 heavy (non-hydrogen) atoms. The Hall–Kier alpha value is -1.55. The van der Waals surface area contributed by atoms with Crippen LogP contribution in [0.5, 0.6) is 5.75 Å². The van der Waals surface area contributed by atoms with Crippen LogP contribution in [0.2, 0.25) is 0 Å². The number of esters is 1. The average molecular weight is 266 g/mol. The van der Waals surface area contributed by atoms with Crippen molar-refractivity contribution in [2.75, 3.05) is 13.7 Å². The number of carbonyl (C=O) groups is 1. The third-order valence-electron chi connectivity index (χ3n) is 3.31. The van der Waals surface area contributed by atoms with Crippen molar-refractivity contribution in [3.05, 3.63) is 29.8 Å². The molecule has 0 aliphatic rings. The molecule has 0 radical (unpaired) electrons. The van der Waals surface area contributed by atoms with Gasteiger partial charge in [-0.25, -0.2) is 0 Å². The van der Waals surface area contributed by atoms with Gasteiger partial charge in [0.05, 0.1) is 25.2 Å². The molecule has 2 atom stereocenters. The van der Waals surface area contributed by atoms with E-state index in [1.807, 2.05) is 6.92 Å². The van der Waals surface area contributed by atoms with E-state index in [0.29, 0.717) is 12.2 Å². The Kier molecular flexibility index (Phi) is 5.36. The van der Waals surface area contributed by atoms with Crippen molar-refractivity contribution in [3.8, 4) is 5.75 Å². The minimum atomic E-state index is -1.27. The zero-order chi connectivity index (χ0) is 14.5. The monoisotopic (exact) mass is 266 g/mol. The first-order valence-electron chi connectivity index (χ1n) is 6.47. The van der Waals surface area contributed by atoms with Crippen molar-refractivity contribution in [3.63, 3.8) is 0 Å². The van der Waals surface area contributed by atoms with Crippen LogP contribution < -0.4 is 4.74 Å². The third-order valence-corrected chi connectivity index (χ3v) is 3.31. The molecule has 0 aromatic heterocycles. The molecule has 0 spiro atoms. The Morgan fingerprint density at radius 2 is 1.95 bits per heavy atom. The predicted molar refractivity (Wildman–Crippen MR) is 73.0 cm³/mol. The van der Waals surface area contributed by atoms with Gasteiger partial charge >= 0.3 is 5.97 Å². The summed E-state index contributed by atoms with van der Waals surface area (Å²) in [7, 11) is 1.32. The highest BCUT2D eigenvalue weighted by atomic mass is 16.5. The Balaban J connectivity index is 2.86. The van der Waals surface area contributed by atoms with E-state index in [2.05, 4.69) is 4.74 Å². The topological polar surface area (TPSA) is 55.8 Å². The van der Waals surface area contributed by atoms with Crippen LogP contribution >= 0.6 is 0 Å². The molecular formula is C15H22O4. The van der Waals surface area contributed by atoms with Crippen molar-refractivity contribution in [2.24, 2.45) is 5.92 Å². The SMILES string of the molecule is CCCOc1ccc(C(C)(O)C(C)C(=O)OC)cc1. The van der Waals surface area contributed by atoms with Crippen LogP contribution in [-0.2, 0) is 15.1 Å². The van der Waals surface area contributed by atoms with Gasteiger partial charge in [0.1, 0.15) is 5.75 Å². The molecule has 4 nitrogen and oxygen atoms in total. The van der Waals surface area contributed by atoms with Crippen molar-refractivity contribution in [1.29, 1.82) is 0 Å². The Labute approximate surface area is 114 Å². The molecule has 0 saturated heterocycles. The van der Waals surface area contributed by atoms with Gasteiger partial charge in [-0.2, -0.15) is 0 Å². The minimum absolute atomic E-state index is 0.434. The largest absolute Gasteiger partial charge is 0.494 e. The normalized spacial score (nSPS) is 15.4. The molecule has 0 aliphatic carbocycles. The molecule has 0 heterocycles. The van der Waals surface area contributed by atoms with E-state index in [9.17, 15) is 9.90 Å². The fourth-order valence-corrected chi connectivity index (χ4v) is 1.76. The zero-order valence-electron chi connectivity index (χ0n) is 12.0. The molecule has 1 N–H and O–H groups in total. The lowest BCUT2D eigenvalue weighted by Gasteiger charge is -2.29. The van der Waals surface area contributed by atoms with Gasteiger partial charge in [-0.3, -0.25) is 4.79 Å². The molecule has 0 amide bonds. The number of ether oxygens (including phenoxy) is 2. The van der Waals surface area contributed by atoms with E-state index in [4.69, 9.17) is 4.74 Å². The molecule has 2 unspecified atom stereocenters. The molecule has 1 aromatic rings. The fraction of sp³-hybridized carbons (Fsp3) is 0.533. The highest BCUT2D eigenvalue weighted by Gasteiger charge is 2.36. The maximum atomic E-state index is 11.5. The summed E-state index contributed by atoms with van der Waals surface area (Å²) in [5.41, 5.74) is -0.606. The van der Waals surface area contributed by atoms with Crippen molar-refractivity contribution >= 4 is 5.97 Å². The van der Waals surface area contributed by atoms with Gasteiger partial charge in [0.25, 0.3) is 0 Å². The summed E-state index contributed by atoms with van der Waals surface area (Å²) in [6, 6.07) is 7.13. The first-order chi connectivity index (χ1) is 8.93. The second-order valence-electron chi connectivity index (χ2n) is 4.77. The first kappa shape index (κ1) is 15.5. The van der Waals surface area contributed by atoms with E-state index in [-0.39, 0.29) is 0 Å². The van der Waals surface area contributed by atoms with Gasteiger partial charge in [0, 0.05) is 0 Å². The van der Waals surface area contributed by atoms with Gasteiger partial charge in [-0.1, -0.05) is 19.1 Å². The Bertz CT molecular complexity index is 409. The maximum absolute atomic E-state index is 11.5. The second kappa shape index (κ2) is 6.57. The van der Waals surface area contributed by atoms with Crippen LogP contribution in [0, 0.1) is 5.92 Å². The maximum Gasteiger partial charge on any atom is 0.311 e. The van der Waals surface area contributed by atoms with Gasteiger partial charge in [0.15, 0.2) is 0 Å². The second-order valence-corrected chi connectivity index (χ2v) is 4.77. The molecule has 4 heteroatoms. The third kappa shape index (κ3) is 3.70. The molecule has 106 valence electrons. The lowest BCUT2D eigenvalue weighted by atomic mass is 9.84. The smallest absolute Gasteiger partial charge is 0.311 e.